The largest absolute Gasteiger partial charge is 0.493 e. The average molecular weight is 488 g/mol. The van der Waals surface area contributed by atoms with Gasteiger partial charge in [-0.2, -0.15) is 0 Å². The van der Waals surface area contributed by atoms with E-state index in [2.05, 4.69) is 20.6 Å². The first kappa shape index (κ1) is 23.1. The zero-order valence-electron chi connectivity index (χ0n) is 16.6. The lowest BCUT2D eigenvalue weighted by atomic mass is 10.2. The molecule has 0 unspecified atom stereocenters. The second-order valence-corrected chi connectivity index (χ2v) is 5.72. The van der Waals surface area contributed by atoms with Crippen molar-refractivity contribution in [2.24, 2.45) is 4.99 Å². The monoisotopic (exact) mass is 488 g/mol. The molecule has 150 valence electrons. The summed E-state index contributed by atoms with van der Waals surface area (Å²) in [5.74, 6) is 3.64. The van der Waals surface area contributed by atoms with Crippen molar-refractivity contribution in [1.82, 2.24) is 15.6 Å². The number of rotatable bonds is 8. The van der Waals surface area contributed by atoms with Crippen LogP contribution in [-0.4, -0.2) is 31.2 Å². The molecule has 7 nitrogen and oxygen atoms in total. The molecular formula is C19H29IN4O3. The van der Waals surface area contributed by atoms with Crippen LogP contribution in [-0.2, 0) is 13.1 Å². The highest BCUT2D eigenvalue weighted by Gasteiger charge is 2.08. The number of methoxy groups -OCH3 is 1. The molecule has 0 bridgehead atoms. The molecule has 0 aliphatic heterocycles. The number of halogens is 1. The van der Waals surface area contributed by atoms with Gasteiger partial charge < -0.3 is 24.5 Å². The molecule has 0 atom stereocenters. The molecule has 2 N–H and O–H groups in total. The van der Waals surface area contributed by atoms with E-state index in [1.54, 1.807) is 7.11 Å². The second kappa shape index (κ2) is 11.7. The van der Waals surface area contributed by atoms with Gasteiger partial charge in [-0.05, 0) is 45.4 Å². The van der Waals surface area contributed by atoms with Crippen LogP contribution in [0, 0.1) is 13.8 Å². The highest BCUT2D eigenvalue weighted by Crippen LogP contribution is 2.28. The van der Waals surface area contributed by atoms with E-state index in [0.29, 0.717) is 37.3 Å². The molecule has 0 saturated heterocycles. The van der Waals surface area contributed by atoms with Gasteiger partial charge in [-0.1, -0.05) is 6.07 Å². The quantitative estimate of drug-likeness (QED) is 0.336. The predicted molar refractivity (Wildman–Crippen MR) is 117 cm³/mol. The molecule has 0 radical (unpaired) electrons. The van der Waals surface area contributed by atoms with Crippen molar-refractivity contribution in [3.8, 4) is 11.5 Å². The van der Waals surface area contributed by atoms with Crippen LogP contribution in [0.5, 0.6) is 11.5 Å². The summed E-state index contributed by atoms with van der Waals surface area (Å²) in [5.41, 5.74) is 1.94. The Bertz CT molecular complexity index is 727. The van der Waals surface area contributed by atoms with Crippen molar-refractivity contribution in [3.63, 3.8) is 0 Å². The highest BCUT2D eigenvalue weighted by molar-refractivity contribution is 14.0. The van der Waals surface area contributed by atoms with E-state index in [0.717, 1.165) is 29.3 Å². The summed E-state index contributed by atoms with van der Waals surface area (Å²) < 4.78 is 16.5. The summed E-state index contributed by atoms with van der Waals surface area (Å²) in [6, 6.07) is 5.84. The van der Waals surface area contributed by atoms with Crippen LogP contribution >= 0.6 is 24.0 Å². The molecule has 0 spiro atoms. The lowest BCUT2D eigenvalue weighted by molar-refractivity contribution is 0.310. The topological polar surface area (TPSA) is 80.9 Å². The number of ether oxygens (including phenoxy) is 2. The maximum absolute atomic E-state index is 5.59. The minimum Gasteiger partial charge on any atom is -0.493 e. The summed E-state index contributed by atoms with van der Waals surface area (Å²) in [6.45, 7) is 10.2. The van der Waals surface area contributed by atoms with Gasteiger partial charge in [0.25, 0.3) is 0 Å². The van der Waals surface area contributed by atoms with Crippen LogP contribution in [0.15, 0.2) is 27.6 Å². The summed E-state index contributed by atoms with van der Waals surface area (Å²) in [5, 5.41) is 6.45. The summed E-state index contributed by atoms with van der Waals surface area (Å²) in [7, 11) is 1.64. The van der Waals surface area contributed by atoms with Gasteiger partial charge in [0, 0.05) is 6.54 Å². The molecule has 2 aromatic rings. The molecule has 0 aliphatic rings. The van der Waals surface area contributed by atoms with E-state index in [4.69, 9.17) is 13.9 Å². The average Bonchev–Trinajstić information content (AvgIpc) is 2.96. The maximum atomic E-state index is 5.59. The van der Waals surface area contributed by atoms with Gasteiger partial charge >= 0.3 is 0 Å². The summed E-state index contributed by atoms with van der Waals surface area (Å²) in [6.07, 6.45) is 0. The van der Waals surface area contributed by atoms with Crippen molar-refractivity contribution < 1.29 is 13.9 Å². The van der Waals surface area contributed by atoms with Gasteiger partial charge in [0.2, 0.25) is 5.89 Å². The van der Waals surface area contributed by atoms with Crippen LogP contribution in [0.2, 0.25) is 0 Å². The molecule has 0 saturated carbocycles. The fraction of sp³-hybridized carbons (Fsp3) is 0.474. The standard InChI is InChI=1S/C19H28N4O3.HI/c1-6-20-19(22-12-18-23-13(3)14(4)26-18)21-11-15-8-9-16(25-7-2)17(10-15)24-5;/h8-10H,6-7,11-12H2,1-5H3,(H2,20,21,22);1H. The molecule has 1 aromatic carbocycles. The number of hydrogen-bond donors (Lipinski definition) is 2. The number of oxazole rings is 1. The number of nitrogens with zero attached hydrogens (tertiary/aromatic N) is 2. The number of benzene rings is 1. The predicted octanol–water partition coefficient (Wildman–Crippen LogP) is 3.57. The SMILES string of the molecule is CCNC(=NCc1ccc(OCC)c(OC)c1)NCc1nc(C)c(C)o1.I. The van der Waals surface area contributed by atoms with Crippen LogP contribution in [0.1, 0.15) is 36.8 Å². The Morgan fingerprint density at radius 1 is 1.19 bits per heavy atom. The van der Waals surface area contributed by atoms with E-state index >= 15 is 0 Å². The number of nitrogens with one attached hydrogen (secondary N) is 2. The van der Waals surface area contributed by atoms with Gasteiger partial charge in [0.15, 0.2) is 17.5 Å². The number of aliphatic imine (C=N–C) groups is 1. The fourth-order valence-corrected chi connectivity index (χ4v) is 2.37. The molecule has 1 aromatic heterocycles. The Labute approximate surface area is 178 Å². The number of guanidine groups is 1. The van der Waals surface area contributed by atoms with Crippen molar-refractivity contribution >= 4 is 29.9 Å². The zero-order valence-corrected chi connectivity index (χ0v) is 18.9. The molecule has 2 rings (SSSR count). The molecule has 27 heavy (non-hydrogen) atoms. The van der Waals surface area contributed by atoms with Crippen LogP contribution < -0.4 is 20.1 Å². The van der Waals surface area contributed by atoms with E-state index < -0.39 is 0 Å². The van der Waals surface area contributed by atoms with E-state index in [1.165, 1.54) is 0 Å². The molecule has 0 fully saturated rings. The third-order valence-corrected chi connectivity index (χ3v) is 3.77. The van der Waals surface area contributed by atoms with Crippen molar-refractivity contribution in [1.29, 1.82) is 0 Å². The van der Waals surface area contributed by atoms with Crippen LogP contribution in [0.4, 0.5) is 0 Å². The molecule has 8 heteroatoms. The van der Waals surface area contributed by atoms with E-state index in [9.17, 15) is 0 Å². The number of aryl methyl sites for hydroxylation is 2. The number of aromatic nitrogens is 1. The third kappa shape index (κ3) is 6.93. The van der Waals surface area contributed by atoms with Crippen LogP contribution in [0.3, 0.4) is 0 Å². The van der Waals surface area contributed by atoms with Gasteiger partial charge in [0.1, 0.15) is 5.76 Å². The Morgan fingerprint density at radius 3 is 2.56 bits per heavy atom. The van der Waals surface area contributed by atoms with Gasteiger partial charge in [-0.25, -0.2) is 9.98 Å². The van der Waals surface area contributed by atoms with Crippen molar-refractivity contribution in [2.75, 3.05) is 20.3 Å². The summed E-state index contributed by atoms with van der Waals surface area (Å²) >= 11 is 0. The maximum Gasteiger partial charge on any atom is 0.214 e. The minimum absolute atomic E-state index is 0. The molecule has 0 amide bonds. The number of hydrogen-bond acceptors (Lipinski definition) is 5. The van der Waals surface area contributed by atoms with Gasteiger partial charge in [-0.15, -0.1) is 24.0 Å². The Morgan fingerprint density at radius 2 is 1.96 bits per heavy atom. The molecular weight excluding hydrogens is 459 g/mol. The zero-order chi connectivity index (χ0) is 18.9. The first-order valence-electron chi connectivity index (χ1n) is 8.82. The highest BCUT2D eigenvalue weighted by atomic mass is 127. The van der Waals surface area contributed by atoms with E-state index in [-0.39, 0.29) is 24.0 Å². The van der Waals surface area contributed by atoms with Crippen LogP contribution in [0.25, 0.3) is 0 Å². The molecule has 0 aliphatic carbocycles. The van der Waals surface area contributed by atoms with Crippen molar-refractivity contribution in [2.45, 2.75) is 40.8 Å². The normalized spacial score (nSPS) is 10.9. The Kier molecular flexibility index (Phi) is 9.98. The van der Waals surface area contributed by atoms with Gasteiger partial charge in [0.05, 0.1) is 32.5 Å². The lowest BCUT2D eigenvalue weighted by Gasteiger charge is -2.12. The fourth-order valence-electron chi connectivity index (χ4n) is 2.37. The Balaban J connectivity index is 0.00000364. The first-order chi connectivity index (χ1) is 12.6. The second-order valence-electron chi connectivity index (χ2n) is 5.72. The minimum atomic E-state index is 0. The lowest BCUT2D eigenvalue weighted by Crippen LogP contribution is -2.36. The van der Waals surface area contributed by atoms with E-state index in [1.807, 2.05) is 45.9 Å². The summed E-state index contributed by atoms with van der Waals surface area (Å²) in [4.78, 5) is 8.98. The molecule has 1 heterocycles. The van der Waals surface area contributed by atoms with Gasteiger partial charge in [-0.3, -0.25) is 0 Å². The Hall–Kier alpha value is -1.97. The van der Waals surface area contributed by atoms with Crippen molar-refractivity contribution in [3.05, 3.63) is 41.1 Å². The first-order valence-corrected chi connectivity index (χ1v) is 8.82. The third-order valence-electron chi connectivity index (χ3n) is 3.77. The smallest absolute Gasteiger partial charge is 0.214 e.